The van der Waals surface area contributed by atoms with E-state index in [0.29, 0.717) is 5.89 Å². The first-order valence-corrected chi connectivity index (χ1v) is 4.66. The minimum Gasteiger partial charge on any atom is -0.441 e. The van der Waals surface area contributed by atoms with E-state index in [1.807, 2.05) is 19.9 Å². The summed E-state index contributed by atoms with van der Waals surface area (Å²) in [5, 5.41) is 0. The number of aryl methyl sites for hydroxylation is 1. The molecule has 2 heteroatoms. The highest BCUT2D eigenvalue weighted by Crippen LogP contribution is 2.15. The van der Waals surface area contributed by atoms with Gasteiger partial charge in [0.1, 0.15) is 0 Å². The lowest BCUT2D eigenvalue weighted by molar-refractivity contribution is 0.511. The first-order valence-electron chi connectivity index (χ1n) is 4.66. The zero-order chi connectivity index (χ0) is 11.0. The SMILES string of the molecule is C=C/C=C(\C=C)c1cnc(C)o1.CC. The third-order valence-electron chi connectivity index (χ3n) is 1.42. The van der Waals surface area contributed by atoms with Gasteiger partial charge in [-0.15, -0.1) is 0 Å². The molecule has 0 spiro atoms. The van der Waals surface area contributed by atoms with Gasteiger partial charge in [-0.3, -0.25) is 0 Å². The van der Waals surface area contributed by atoms with E-state index in [0.717, 1.165) is 11.3 Å². The molecule has 0 aliphatic rings. The second kappa shape index (κ2) is 6.89. The average molecular weight is 191 g/mol. The third-order valence-corrected chi connectivity index (χ3v) is 1.42. The van der Waals surface area contributed by atoms with Gasteiger partial charge in [0.2, 0.25) is 0 Å². The Hall–Kier alpha value is -1.57. The van der Waals surface area contributed by atoms with Crippen LogP contribution < -0.4 is 0 Å². The maximum Gasteiger partial charge on any atom is 0.191 e. The second-order valence-electron chi connectivity index (χ2n) is 2.31. The van der Waals surface area contributed by atoms with E-state index >= 15 is 0 Å². The highest BCUT2D eigenvalue weighted by atomic mass is 16.4. The third kappa shape index (κ3) is 3.44. The van der Waals surface area contributed by atoms with Crippen LogP contribution in [0.15, 0.2) is 42.0 Å². The lowest BCUT2D eigenvalue weighted by Gasteiger charge is -1.92. The van der Waals surface area contributed by atoms with Gasteiger partial charge >= 0.3 is 0 Å². The highest BCUT2D eigenvalue weighted by Gasteiger charge is 2.01. The van der Waals surface area contributed by atoms with Crippen molar-refractivity contribution in [1.29, 1.82) is 0 Å². The van der Waals surface area contributed by atoms with Crippen molar-refractivity contribution in [3.05, 3.63) is 49.2 Å². The normalized spacial score (nSPS) is 10.1. The Morgan fingerprint density at radius 3 is 2.43 bits per heavy atom. The molecule has 0 saturated heterocycles. The molecular formula is C12H17NO. The molecule has 0 unspecified atom stereocenters. The quantitative estimate of drug-likeness (QED) is 0.680. The van der Waals surface area contributed by atoms with E-state index in [4.69, 9.17) is 4.42 Å². The molecule has 0 bridgehead atoms. The lowest BCUT2D eigenvalue weighted by atomic mass is 10.2. The summed E-state index contributed by atoms with van der Waals surface area (Å²) in [6, 6.07) is 0. The smallest absolute Gasteiger partial charge is 0.191 e. The van der Waals surface area contributed by atoms with Crippen LogP contribution in [0.3, 0.4) is 0 Å². The Balaban J connectivity index is 0.000000791. The molecule has 0 N–H and O–H groups in total. The van der Waals surface area contributed by atoms with Gasteiger partial charge in [0.15, 0.2) is 11.7 Å². The van der Waals surface area contributed by atoms with E-state index in [2.05, 4.69) is 18.1 Å². The van der Waals surface area contributed by atoms with Crippen LogP contribution >= 0.6 is 0 Å². The standard InChI is InChI=1S/C10H11NO.C2H6/c1-4-6-9(5-2)10-7-11-8(3)12-10;1-2/h4-7H,1-2H2,3H3;1-2H3/b9-6+;. The van der Waals surface area contributed by atoms with E-state index in [9.17, 15) is 0 Å². The van der Waals surface area contributed by atoms with Crippen molar-refractivity contribution in [2.24, 2.45) is 0 Å². The van der Waals surface area contributed by atoms with E-state index in [-0.39, 0.29) is 0 Å². The molecule has 1 aromatic rings. The van der Waals surface area contributed by atoms with Crippen molar-refractivity contribution in [3.8, 4) is 0 Å². The minimum atomic E-state index is 0.654. The number of hydrogen-bond donors (Lipinski definition) is 0. The first kappa shape index (κ1) is 12.4. The molecule has 0 saturated carbocycles. The maximum atomic E-state index is 5.29. The van der Waals surface area contributed by atoms with Gasteiger partial charge in [0, 0.05) is 12.5 Å². The minimum absolute atomic E-state index is 0.654. The molecule has 0 aromatic carbocycles. The van der Waals surface area contributed by atoms with Crippen LogP contribution in [-0.4, -0.2) is 4.98 Å². The zero-order valence-electron chi connectivity index (χ0n) is 9.08. The number of oxazole rings is 1. The molecule has 1 heterocycles. The molecule has 14 heavy (non-hydrogen) atoms. The van der Waals surface area contributed by atoms with Crippen LogP contribution in [0.5, 0.6) is 0 Å². The Morgan fingerprint density at radius 1 is 1.43 bits per heavy atom. The van der Waals surface area contributed by atoms with Gasteiger partial charge in [0.05, 0.1) is 6.20 Å². The van der Waals surface area contributed by atoms with Gasteiger partial charge in [-0.25, -0.2) is 4.98 Å². The number of aromatic nitrogens is 1. The zero-order valence-corrected chi connectivity index (χ0v) is 9.08. The van der Waals surface area contributed by atoms with Gasteiger partial charge in [0.25, 0.3) is 0 Å². The Labute approximate surface area is 85.7 Å². The van der Waals surface area contributed by atoms with Crippen molar-refractivity contribution in [2.75, 3.05) is 0 Å². The van der Waals surface area contributed by atoms with Crippen LogP contribution in [0, 0.1) is 6.92 Å². The molecule has 0 fully saturated rings. The number of allylic oxidation sites excluding steroid dienone is 4. The highest BCUT2D eigenvalue weighted by molar-refractivity contribution is 5.70. The van der Waals surface area contributed by atoms with Crippen LogP contribution in [0.4, 0.5) is 0 Å². The summed E-state index contributed by atoms with van der Waals surface area (Å²) in [6.07, 6.45) is 6.90. The largest absolute Gasteiger partial charge is 0.441 e. The number of nitrogens with zero attached hydrogens (tertiary/aromatic N) is 1. The molecule has 0 atom stereocenters. The summed E-state index contributed by atoms with van der Waals surface area (Å²) >= 11 is 0. The Bertz CT molecular complexity index is 321. The summed E-state index contributed by atoms with van der Waals surface area (Å²) in [7, 11) is 0. The molecule has 0 aliphatic carbocycles. The fourth-order valence-corrected chi connectivity index (χ4v) is 0.873. The lowest BCUT2D eigenvalue weighted by Crippen LogP contribution is -1.73. The predicted molar refractivity (Wildman–Crippen MR) is 61.0 cm³/mol. The van der Waals surface area contributed by atoms with Crippen molar-refractivity contribution in [3.63, 3.8) is 0 Å². The maximum absolute atomic E-state index is 5.29. The Morgan fingerprint density at radius 2 is 2.07 bits per heavy atom. The van der Waals surface area contributed by atoms with E-state index in [1.165, 1.54) is 0 Å². The van der Waals surface area contributed by atoms with Crippen molar-refractivity contribution < 1.29 is 4.42 Å². The molecule has 0 amide bonds. The molecule has 0 aliphatic heterocycles. The van der Waals surface area contributed by atoms with Crippen molar-refractivity contribution >= 4 is 5.57 Å². The van der Waals surface area contributed by atoms with Crippen LogP contribution in [0.1, 0.15) is 25.5 Å². The summed E-state index contributed by atoms with van der Waals surface area (Å²) in [4.78, 5) is 3.98. The van der Waals surface area contributed by atoms with Crippen LogP contribution in [-0.2, 0) is 0 Å². The summed E-state index contributed by atoms with van der Waals surface area (Å²) in [5.41, 5.74) is 0.894. The molecule has 1 rings (SSSR count). The molecule has 1 aromatic heterocycles. The summed E-state index contributed by atoms with van der Waals surface area (Å²) in [5.74, 6) is 1.38. The van der Waals surface area contributed by atoms with Crippen LogP contribution in [0.25, 0.3) is 5.57 Å². The van der Waals surface area contributed by atoms with Gasteiger partial charge in [-0.1, -0.05) is 45.2 Å². The fourth-order valence-electron chi connectivity index (χ4n) is 0.873. The molecular weight excluding hydrogens is 174 g/mol. The number of hydrogen-bond acceptors (Lipinski definition) is 2. The molecule has 76 valence electrons. The van der Waals surface area contributed by atoms with Crippen LogP contribution in [0.2, 0.25) is 0 Å². The summed E-state index contributed by atoms with van der Waals surface area (Å²) in [6.45, 7) is 13.1. The fraction of sp³-hybridized carbons (Fsp3) is 0.250. The van der Waals surface area contributed by atoms with Gasteiger partial charge < -0.3 is 4.42 Å². The number of rotatable bonds is 3. The average Bonchev–Trinajstić information content (AvgIpc) is 2.64. The van der Waals surface area contributed by atoms with Crippen molar-refractivity contribution in [1.82, 2.24) is 4.98 Å². The first-order chi connectivity index (χ1) is 6.77. The van der Waals surface area contributed by atoms with E-state index < -0.39 is 0 Å². The topological polar surface area (TPSA) is 26.0 Å². The molecule has 0 radical (unpaired) electrons. The van der Waals surface area contributed by atoms with Crippen molar-refractivity contribution in [2.45, 2.75) is 20.8 Å². The predicted octanol–water partition coefficient (Wildman–Crippen LogP) is 3.76. The summed E-state index contributed by atoms with van der Waals surface area (Å²) < 4.78 is 5.29. The molecule has 2 nitrogen and oxygen atoms in total. The second-order valence-corrected chi connectivity index (χ2v) is 2.31. The Kier molecular flexibility index (Phi) is 6.12. The monoisotopic (exact) mass is 191 g/mol. The van der Waals surface area contributed by atoms with Gasteiger partial charge in [-0.05, 0) is 0 Å². The van der Waals surface area contributed by atoms with Gasteiger partial charge in [-0.2, -0.15) is 0 Å². The van der Waals surface area contributed by atoms with E-state index in [1.54, 1.807) is 25.3 Å².